The lowest BCUT2D eigenvalue weighted by Crippen LogP contribution is -2.60. The maximum atomic E-state index is 13.0. The number of rotatable bonds is 4. The summed E-state index contributed by atoms with van der Waals surface area (Å²) in [7, 11) is 1.93. The Morgan fingerprint density at radius 3 is 2.79 bits per heavy atom. The molecule has 2 fully saturated rings. The number of carbonyl (C=O) groups is 1. The van der Waals surface area contributed by atoms with Crippen LogP contribution in [0, 0.1) is 5.41 Å². The Bertz CT molecular complexity index is 1350. The molecule has 34 heavy (non-hydrogen) atoms. The van der Waals surface area contributed by atoms with Gasteiger partial charge in [0.2, 0.25) is 0 Å². The topological polar surface area (TPSA) is 88.0 Å². The van der Waals surface area contributed by atoms with Crippen molar-refractivity contribution in [3.8, 4) is 0 Å². The van der Waals surface area contributed by atoms with Gasteiger partial charge >= 0.3 is 0 Å². The van der Waals surface area contributed by atoms with Gasteiger partial charge in [-0.1, -0.05) is 12.2 Å². The average molecular weight is 456 g/mol. The number of amides is 1. The summed E-state index contributed by atoms with van der Waals surface area (Å²) in [5, 5.41) is 12.9. The molecule has 2 saturated heterocycles. The molecule has 2 N–H and O–H groups in total. The maximum Gasteiger partial charge on any atom is 0.257 e. The second-order valence-electron chi connectivity index (χ2n) is 9.82. The summed E-state index contributed by atoms with van der Waals surface area (Å²) in [6, 6.07) is 5.60. The fourth-order valence-corrected chi connectivity index (χ4v) is 5.39. The first-order valence-corrected chi connectivity index (χ1v) is 12.0. The van der Waals surface area contributed by atoms with E-state index in [2.05, 4.69) is 48.9 Å². The first-order valence-electron chi connectivity index (χ1n) is 12.0. The van der Waals surface area contributed by atoms with Crippen LogP contribution in [0.1, 0.15) is 41.1 Å². The predicted molar refractivity (Wildman–Crippen MR) is 132 cm³/mol. The molecule has 3 aliphatic rings. The number of anilines is 2. The molecule has 174 valence electrons. The van der Waals surface area contributed by atoms with Gasteiger partial charge in [0.15, 0.2) is 0 Å². The molecule has 3 aromatic heterocycles. The summed E-state index contributed by atoms with van der Waals surface area (Å²) in [5.74, 6) is 1.53. The van der Waals surface area contributed by atoms with Crippen LogP contribution in [0.5, 0.6) is 0 Å². The summed E-state index contributed by atoms with van der Waals surface area (Å²) in [6.45, 7) is 4.22. The number of carbonyl (C=O) groups excluding carboxylic acids is 1. The van der Waals surface area contributed by atoms with E-state index >= 15 is 0 Å². The Labute approximate surface area is 198 Å². The minimum Gasteiger partial charge on any atom is -0.355 e. The van der Waals surface area contributed by atoms with Crippen molar-refractivity contribution in [3.05, 3.63) is 64.6 Å². The van der Waals surface area contributed by atoms with Gasteiger partial charge in [-0.25, -0.2) is 9.97 Å². The number of hydrogen-bond acceptors (Lipinski definition) is 6. The van der Waals surface area contributed by atoms with Gasteiger partial charge in [-0.3, -0.25) is 9.48 Å². The molecule has 0 bridgehead atoms. The summed E-state index contributed by atoms with van der Waals surface area (Å²) >= 11 is 0. The third-order valence-corrected chi connectivity index (χ3v) is 7.38. The van der Waals surface area contributed by atoms with E-state index in [-0.39, 0.29) is 11.8 Å². The summed E-state index contributed by atoms with van der Waals surface area (Å²) in [5.41, 5.74) is 2.20. The number of nitrogens with one attached hydrogen (secondary N) is 2. The van der Waals surface area contributed by atoms with Gasteiger partial charge in [-0.2, -0.15) is 5.10 Å². The number of fused-ring (bicyclic) bond motifs is 1. The van der Waals surface area contributed by atoms with Crippen LogP contribution in [-0.4, -0.2) is 51.8 Å². The average Bonchev–Trinajstić information content (AvgIpc) is 3.29. The van der Waals surface area contributed by atoms with Gasteiger partial charge in [0, 0.05) is 55.6 Å². The van der Waals surface area contributed by atoms with Gasteiger partial charge in [-0.15, -0.1) is 0 Å². The molecule has 3 aromatic rings. The Morgan fingerprint density at radius 1 is 1.15 bits per heavy atom. The van der Waals surface area contributed by atoms with Crippen LogP contribution in [0.4, 0.5) is 11.6 Å². The smallest absolute Gasteiger partial charge is 0.257 e. The predicted octanol–water partition coefficient (Wildman–Crippen LogP) is 1.40. The lowest BCUT2D eigenvalue weighted by atomic mass is 9.72. The zero-order valence-electron chi connectivity index (χ0n) is 19.4. The highest BCUT2D eigenvalue weighted by Gasteiger charge is 2.43. The van der Waals surface area contributed by atoms with Crippen LogP contribution in [-0.2, 0) is 7.05 Å². The van der Waals surface area contributed by atoms with Crippen LogP contribution in [0.15, 0.2) is 43.0 Å². The van der Waals surface area contributed by atoms with E-state index in [9.17, 15) is 4.79 Å². The van der Waals surface area contributed by atoms with E-state index in [1.165, 1.54) is 18.4 Å². The number of piperidine rings is 1. The fourth-order valence-electron chi connectivity index (χ4n) is 5.39. The first-order chi connectivity index (χ1) is 16.6. The van der Waals surface area contributed by atoms with Crippen molar-refractivity contribution in [1.82, 2.24) is 25.1 Å². The third kappa shape index (κ3) is 3.98. The molecule has 6 rings (SSSR count). The molecule has 1 amide bonds. The highest BCUT2D eigenvalue weighted by atomic mass is 16.1. The molecule has 0 radical (unpaired) electrons. The van der Waals surface area contributed by atoms with E-state index in [1.54, 1.807) is 12.3 Å². The Kier molecular flexibility index (Phi) is 5.17. The Morgan fingerprint density at radius 2 is 2.00 bits per heavy atom. The Balaban J connectivity index is 1.17. The fraction of sp³-hybridized carbons (Fsp3) is 0.385. The lowest BCUT2D eigenvalue weighted by molar-refractivity contribution is 0.102. The van der Waals surface area contributed by atoms with Crippen LogP contribution in [0.3, 0.4) is 0 Å². The van der Waals surface area contributed by atoms with E-state index in [0.29, 0.717) is 16.8 Å². The summed E-state index contributed by atoms with van der Waals surface area (Å²) in [6.07, 6.45) is 15.3. The van der Waals surface area contributed by atoms with Crippen LogP contribution < -0.4 is 26.0 Å². The highest BCUT2D eigenvalue weighted by molar-refractivity contribution is 6.04. The van der Waals surface area contributed by atoms with Gasteiger partial charge in [0.1, 0.15) is 11.6 Å². The monoisotopic (exact) mass is 455 g/mol. The molecule has 0 saturated carbocycles. The van der Waals surface area contributed by atoms with Gasteiger partial charge in [0.25, 0.3) is 5.91 Å². The van der Waals surface area contributed by atoms with Gasteiger partial charge in [0.05, 0.1) is 6.20 Å². The van der Waals surface area contributed by atoms with Crippen LogP contribution in [0.25, 0.3) is 12.2 Å². The number of hydrogen-bond donors (Lipinski definition) is 2. The molecule has 0 aromatic carbocycles. The van der Waals surface area contributed by atoms with E-state index in [0.717, 1.165) is 48.9 Å². The van der Waals surface area contributed by atoms with Crippen molar-refractivity contribution in [2.24, 2.45) is 12.5 Å². The minimum absolute atomic E-state index is 0.170. The van der Waals surface area contributed by atoms with Gasteiger partial charge in [-0.05, 0) is 66.6 Å². The lowest BCUT2D eigenvalue weighted by Gasteiger charge is -2.53. The second kappa shape index (κ2) is 8.36. The standard InChI is InChI=1S/C26H29N7O/c1-32-15-22(14-30-32)18-2-3-20-13-29-23(11-21(20)10-18)31-25(34)19-4-7-28-24(12-19)33-16-26(17-33)5-8-27-9-6-26/h3-4,7,10-15,18,27H,2,5-6,8-9,16-17H2,1H3,(H,31,34). The summed E-state index contributed by atoms with van der Waals surface area (Å²) in [4.78, 5) is 24.3. The van der Waals surface area contributed by atoms with Crippen molar-refractivity contribution < 1.29 is 4.79 Å². The largest absolute Gasteiger partial charge is 0.355 e. The molecule has 5 heterocycles. The summed E-state index contributed by atoms with van der Waals surface area (Å²) < 4.78 is 1.83. The minimum atomic E-state index is -0.170. The van der Waals surface area contributed by atoms with E-state index in [1.807, 2.05) is 36.3 Å². The molecule has 1 aliphatic carbocycles. The quantitative estimate of drug-likeness (QED) is 0.619. The first kappa shape index (κ1) is 21.0. The number of pyridine rings is 2. The zero-order valence-corrected chi connectivity index (χ0v) is 19.4. The van der Waals surface area contributed by atoms with Crippen molar-refractivity contribution in [3.63, 3.8) is 0 Å². The van der Waals surface area contributed by atoms with E-state index in [4.69, 9.17) is 0 Å². The second-order valence-corrected chi connectivity index (χ2v) is 9.82. The van der Waals surface area contributed by atoms with Crippen molar-refractivity contribution in [2.45, 2.75) is 25.2 Å². The number of aryl methyl sites for hydroxylation is 1. The van der Waals surface area contributed by atoms with E-state index < -0.39 is 0 Å². The SMILES string of the molecule is Cn1cc(C2C=c3cc(NC(=O)c4ccnc(N5CC6(CCNCC6)C5)c4)ncc3=CC2)cn1. The molecule has 1 spiro atoms. The van der Waals surface area contributed by atoms with Crippen molar-refractivity contribution in [2.75, 3.05) is 36.4 Å². The molecule has 8 nitrogen and oxygen atoms in total. The van der Waals surface area contributed by atoms with Crippen molar-refractivity contribution in [1.29, 1.82) is 0 Å². The van der Waals surface area contributed by atoms with Crippen LogP contribution in [0.2, 0.25) is 0 Å². The third-order valence-electron chi connectivity index (χ3n) is 7.38. The maximum absolute atomic E-state index is 13.0. The molecule has 1 unspecified atom stereocenters. The normalized spacial score (nSPS) is 20.6. The number of nitrogens with zero attached hydrogens (tertiary/aromatic N) is 5. The Hall–Kier alpha value is -3.52. The van der Waals surface area contributed by atoms with Crippen molar-refractivity contribution >= 4 is 29.7 Å². The highest BCUT2D eigenvalue weighted by Crippen LogP contribution is 2.40. The molecule has 2 aliphatic heterocycles. The zero-order chi connectivity index (χ0) is 23.1. The molecule has 8 heteroatoms. The number of aromatic nitrogens is 4. The van der Waals surface area contributed by atoms with Crippen LogP contribution >= 0.6 is 0 Å². The van der Waals surface area contributed by atoms with Gasteiger partial charge < -0.3 is 15.5 Å². The molecule has 1 atom stereocenters. The molecular formula is C26H29N7O. The molecular weight excluding hydrogens is 426 g/mol.